The molecule has 1 aliphatic heterocycles. The van der Waals surface area contributed by atoms with Gasteiger partial charge in [-0.2, -0.15) is 5.26 Å². The molecule has 0 aromatic heterocycles. The maximum atomic E-state index is 12.6. The molecule has 0 aliphatic carbocycles. The first-order valence-corrected chi connectivity index (χ1v) is 9.06. The first-order chi connectivity index (χ1) is 11.8. The number of aryl methyl sites for hydroxylation is 1. The van der Waals surface area contributed by atoms with Gasteiger partial charge in [-0.25, -0.2) is 0 Å². The van der Waals surface area contributed by atoms with Crippen LogP contribution < -0.4 is 10.2 Å². The minimum absolute atomic E-state index is 0.0616. The second-order valence-electron chi connectivity index (χ2n) is 7.44. The number of carbonyl (C=O) groups is 1. The SMILES string of the molecule is Cc1ccccc1N1CCN(C(C)C(=O)NC(C)(C#N)C(C)C)CC1. The van der Waals surface area contributed by atoms with Gasteiger partial charge in [-0.15, -0.1) is 0 Å². The highest BCUT2D eigenvalue weighted by atomic mass is 16.2. The zero-order chi connectivity index (χ0) is 18.6. The number of hydrogen-bond donors (Lipinski definition) is 1. The van der Waals surface area contributed by atoms with Gasteiger partial charge in [0.15, 0.2) is 0 Å². The molecule has 0 spiro atoms. The zero-order valence-corrected chi connectivity index (χ0v) is 16.0. The van der Waals surface area contributed by atoms with E-state index in [0.29, 0.717) is 0 Å². The molecule has 1 aromatic rings. The van der Waals surface area contributed by atoms with Crippen LogP contribution in [0.2, 0.25) is 0 Å². The van der Waals surface area contributed by atoms with Gasteiger partial charge in [0.1, 0.15) is 5.54 Å². The molecule has 5 heteroatoms. The largest absolute Gasteiger partial charge is 0.369 e. The molecule has 1 aromatic carbocycles. The Morgan fingerprint density at radius 2 is 1.80 bits per heavy atom. The van der Waals surface area contributed by atoms with Crippen LogP contribution in [-0.2, 0) is 4.79 Å². The van der Waals surface area contributed by atoms with Crippen LogP contribution in [0.3, 0.4) is 0 Å². The average Bonchev–Trinajstić information content (AvgIpc) is 2.61. The summed E-state index contributed by atoms with van der Waals surface area (Å²) in [6.07, 6.45) is 0. The highest BCUT2D eigenvalue weighted by Crippen LogP contribution is 2.22. The van der Waals surface area contributed by atoms with E-state index in [0.717, 1.165) is 26.2 Å². The van der Waals surface area contributed by atoms with Crippen LogP contribution in [0.15, 0.2) is 24.3 Å². The van der Waals surface area contributed by atoms with Crippen LogP contribution in [0.1, 0.15) is 33.3 Å². The van der Waals surface area contributed by atoms with Crippen molar-refractivity contribution in [3.63, 3.8) is 0 Å². The fraction of sp³-hybridized carbons (Fsp3) is 0.600. The molecule has 136 valence electrons. The summed E-state index contributed by atoms with van der Waals surface area (Å²) in [5.41, 5.74) is 1.73. The van der Waals surface area contributed by atoms with Crippen LogP contribution in [-0.4, -0.2) is 48.6 Å². The van der Waals surface area contributed by atoms with Gasteiger partial charge in [0.2, 0.25) is 5.91 Å². The van der Waals surface area contributed by atoms with Crippen LogP contribution in [0.5, 0.6) is 0 Å². The second kappa shape index (κ2) is 7.88. The molecule has 1 aliphatic rings. The van der Waals surface area contributed by atoms with Gasteiger partial charge in [0.05, 0.1) is 12.1 Å². The lowest BCUT2D eigenvalue weighted by Crippen LogP contribution is -2.58. The summed E-state index contributed by atoms with van der Waals surface area (Å²) in [6, 6.07) is 10.4. The van der Waals surface area contributed by atoms with Crippen molar-refractivity contribution >= 4 is 11.6 Å². The third-order valence-electron chi connectivity index (χ3n) is 5.47. The smallest absolute Gasteiger partial charge is 0.238 e. The number of para-hydroxylation sites is 1. The summed E-state index contributed by atoms with van der Waals surface area (Å²) in [4.78, 5) is 17.2. The monoisotopic (exact) mass is 342 g/mol. The Kier molecular flexibility index (Phi) is 6.07. The van der Waals surface area contributed by atoms with E-state index in [9.17, 15) is 10.1 Å². The Balaban J connectivity index is 1.95. The first kappa shape index (κ1) is 19.3. The van der Waals surface area contributed by atoms with Crippen molar-refractivity contribution in [2.75, 3.05) is 31.1 Å². The van der Waals surface area contributed by atoms with Crippen LogP contribution in [0.4, 0.5) is 5.69 Å². The number of anilines is 1. The second-order valence-corrected chi connectivity index (χ2v) is 7.44. The molecule has 2 rings (SSSR count). The topological polar surface area (TPSA) is 59.4 Å². The zero-order valence-electron chi connectivity index (χ0n) is 16.0. The van der Waals surface area contributed by atoms with E-state index >= 15 is 0 Å². The maximum absolute atomic E-state index is 12.6. The number of carbonyl (C=O) groups excluding carboxylic acids is 1. The normalized spacial score (nSPS) is 19.2. The Bertz CT molecular complexity index is 643. The number of nitrogens with one attached hydrogen (secondary N) is 1. The van der Waals surface area contributed by atoms with Crippen molar-refractivity contribution in [2.45, 2.75) is 46.2 Å². The van der Waals surface area contributed by atoms with Gasteiger partial charge in [0, 0.05) is 31.9 Å². The number of amides is 1. The van der Waals surface area contributed by atoms with Crippen molar-refractivity contribution in [1.82, 2.24) is 10.2 Å². The van der Waals surface area contributed by atoms with Crippen molar-refractivity contribution in [3.05, 3.63) is 29.8 Å². The molecule has 1 saturated heterocycles. The van der Waals surface area contributed by atoms with Gasteiger partial charge in [-0.05, 0) is 38.3 Å². The summed E-state index contributed by atoms with van der Waals surface area (Å²) in [6.45, 7) is 13.2. The predicted octanol–water partition coefficient (Wildman–Crippen LogP) is 2.56. The first-order valence-electron chi connectivity index (χ1n) is 9.06. The van der Waals surface area contributed by atoms with E-state index in [4.69, 9.17) is 0 Å². The highest BCUT2D eigenvalue weighted by Gasteiger charge is 2.34. The van der Waals surface area contributed by atoms with Gasteiger partial charge in [-0.1, -0.05) is 32.0 Å². The van der Waals surface area contributed by atoms with Crippen molar-refractivity contribution < 1.29 is 4.79 Å². The van der Waals surface area contributed by atoms with Gasteiger partial charge in [0.25, 0.3) is 0 Å². The van der Waals surface area contributed by atoms with Crippen LogP contribution >= 0.6 is 0 Å². The van der Waals surface area contributed by atoms with E-state index in [-0.39, 0.29) is 17.9 Å². The number of nitriles is 1. The molecule has 0 saturated carbocycles. The molecule has 2 atom stereocenters. The molecule has 0 radical (unpaired) electrons. The Morgan fingerprint density at radius 1 is 1.20 bits per heavy atom. The number of nitrogens with zero attached hydrogens (tertiary/aromatic N) is 3. The van der Waals surface area contributed by atoms with E-state index in [1.165, 1.54) is 11.3 Å². The summed E-state index contributed by atoms with van der Waals surface area (Å²) in [7, 11) is 0. The highest BCUT2D eigenvalue weighted by molar-refractivity contribution is 5.82. The lowest BCUT2D eigenvalue weighted by Gasteiger charge is -2.40. The fourth-order valence-corrected chi connectivity index (χ4v) is 3.10. The summed E-state index contributed by atoms with van der Waals surface area (Å²) < 4.78 is 0. The molecule has 1 N–H and O–H groups in total. The quantitative estimate of drug-likeness (QED) is 0.893. The Labute approximate surface area is 151 Å². The molecular formula is C20H30N4O. The minimum atomic E-state index is -0.825. The van der Waals surface area contributed by atoms with Crippen molar-refractivity contribution in [2.24, 2.45) is 5.92 Å². The van der Waals surface area contributed by atoms with Gasteiger partial charge < -0.3 is 10.2 Å². The lowest BCUT2D eigenvalue weighted by atomic mass is 9.89. The fourth-order valence-electron chi connectivity index (χ4n) is 3.10. The van der Waals surface area contributed by atoms with Crippen LogP contribution in [0.25, 0.3) is 0 Å². The predicted molar refractivity (Wildman–Crippen MR) is 101 cm³/mol. The Hall–Kier alpha value is -2.06. The molecule has 1 fully saturated rings. The number of hydrogen-bond acceptors (Lipinski definition) is 4. The molecule has 1 heterocycles. The number of rotatable bonds is 5. The number of benzene rings is 1. The number of piperazine rings is 1. The van der Waals surface area contributed by atoms with Gasteiger partial charge >= 0.3 is 0 Å². The average molecular weight is 342 g/mol. The lowest BCUT2D eigenvalue weighted by molar-refractivity contribution is -0.127. The van der Waals surface area contributed by atoms with E-state index in [2.05, 4.69) is 52.4 Å². The third kappa shape index (κ3) is 4.32. The van der Waals surface area contributed by atoms with Crippen molar-refractivity contribution in [1.29, 1.82) is 5.26 Å². The summed E-state index contributed by atoms with van der Waals surface area (Å²) in [5, 5.41) is 12.3. The standard InChI is InChI=1S/C20H30N4O/c1-15(2)20(5,14-21)22-19(25)17(4)23-10-12-24(13-11-23)18-9-7-6-8-16(18)3/h6-9,15,17H,10-13H2,1-5H3,(H,22,25). The minimum Gasteiger partial charge on any atom is -0.369 e. The van der Waals surface area contributed by atoms with E-state index in [1.807, 2.05) is 20.8 Å². The van der Waals surface area contributed by atoms with Crippen molar-refractivity contribution in [3.8, 4) is 6.07 Å². The third-order valence-corrected chi connectivity index (χ3v) is 5.47. The molecule has 2 unspecified atom stereocenters. The Morgan fingerprint density at radius 3 is 2.32 bits per heavy atom. The molecule has 1 amide bonds. The summed E-state index contributed by atoms with van der Waals surface area (Å²) in [5.74, 6) is -0.00588. The van der Waals surface area contributed by atoms with Crippen LogP contribution in [0, 0.1) is 24.2 Å². The van der Waals surface area contributed by atoms with E-state index < -0.39 is 5.54 Å². The maximum Gasteiger partial charge on any atom is 0.238 e. The molecule has 5 nitrogen and oxygen atoms in total. The van der Waals surface area contributed by atoms with Gasteiger partial charge in [-0.3, -0.25) is 9.69 Å². The van der Waals surface area contributed by atoms with E-state index in [1.54, 1.807) is 6.92 Å². The molecular weight excluding hydrogens is 312 g/mol. The summed E-state index contributed by atoms with van der Waals surface area (Å²) >= 11 is 0. The molecule has 25 heavy (non-hydrogen) atoms. The molecule has 0 bridgehead atoms.